The Balaban J connectivity index is 1.84. The largest absolute Gasteiger partial charge is 0.481 e. The van der Waals surface area contributed by atoms with E-state index in [9.17, 15) is 14.7 Å². The molecule has 0 aromatic carbocycles. The van der Waals surface area contributed by atoms with Crippen molar-refractivity contribution < 1.29 is 14.7 Å². The maximum atomic E-state index is 12.1. The maximum absolute atomic E-state index is 12.1. The van der Waals surface area contributed by atoms with Crippen LogP contribution in [0.1, 0.15) is 58.3 Å². The predicted molar refractivity (Wildman–Crippen MR) is 72.7 cm³/mol. The van der Waals surface area contributed by atoms with E-state index in [0.29, 0.717) is 19.4 Å². The zero-order valence-corrected chi connectivity index (χ0v) is 11.8. The minimum Gasteiger partial charge on any atom is -0.481 e. The van der Waals surface area contributed by atoms with Gasteiger partial charge in [0.15, 0.2) is 0 Å². The molecule has 2 rings (SSSR count). The molecule has 0 aromatic rings. The minimum atomic E-state index is -0.748. The second kappa shape index (κ2) is 5.93. The van der Waals surface area contributed by atoms with Crippen LogP contribution in [0.2, 0.25) is 0 Å². The molecule has 108 valence electrons. The van der Waals surface area contributed by atoms with Gasteiger partial charge < -0.3 is 10.4 Å². The quantitative estimate of drug-likeness (QED) is 0.822. The van der Waals surface area contributed by atoms with Crippen LogP contribution in [0.5, 0.6) is 0 Å². The number of carboxylic acid groups (broad SMARTS) is 1. The summed E-state index contributed by atoms with van der Waals surface area (Å²) in [6.45, 7) is 2.54. The summed E-state index contributed by atoms with van der Waals surface area (Å²) >= 11 is 0. The van der Waals surface area contributed by atoms with E-state index in [1.807, 2.05) is 0 Å². The molecule has 0 bridgehead atoms. The fourth-order valence-corrected chi connectivity index (χ4v) is 3.44. The molecule has 2 aliphatic rings. The van der Waals surface area contributed by atoms with Crippen molar-refractivity contribution in [1.82, 2.24) is 5.32 Å². The van der Waals surface area contributed by atoms with Gasteiger partial charge in [-0.05, 0) is 44.4 Å². The van der Waals surface area contributed by atoms with Crippen LogP contribution in [-0.2, 0) is 9.59 Å². The zero-order chi connectivity index (χ0) is 13.9. The summed E-state index contributed by atoms with van der Waals surface area (Å²) < 4.78 is 0. The fourth-order valence-electron chi connectivity index (χ4n) is 3.44. The van der Waals surface area contributed by atoms with Crippen molar-refractivity contribution in [3.05, 3.63) is 0 Å². The molecule has 0 atom stereocenters. The number of carboxylic acids is 1. The van der Waals surface area contributed by atoms with Crippen molar-refractivity contribution in [2.24, 2.45) is 17.3 Å². The van der Waals surface area contributed by atoms with E-state index < -0.39 is 11.4 Å². The Morgan fingerprint density at radius 3 is 2.26 bits per heavy atom. The van der Waals surface area contributed by atoms with Gasteiger partial charge in [0.05, 0.1) is 5.41 Å². The summed E-state index contributed by atoms with van der Waals surface area (Å²) in [5, 5.41) is 12.3. The second-order valence-electron chi connectivity index (χ2n) is 6.47. The third-order valence-corrected chi connectivity index (χ3v) is 5.00. The van der Waals surface area contributed by atoms with E-state index in [0.717, 1.165) is 44.4 Å². The molecular weight excluding hydrogens is 242 g/mol. The molecule has 4 heteroatoms. The summed E-state index contributed by atoms with van der Waals surface area (Å²) in [5.41, 5.74) is -0.697. The normalized spacial score (nSPS) is 29.9. The lowest BCUT2D eigenvalue weighted by atomic mass is 9.82. The van der Waals surface area contributed by atoms with Gasteiger partial charge >= 0.3 is 5.97 Å². The molecule has 0 unspecified atom stereocenters. The van der Waals surface area contributed by atoms with Crippen molar-refractivity contribution >= 4 is 11.9 Å². The first-order chi connectivity index (χ1) is 9.03. The van der Waals surface area contributed by atoms with Crippen molar-refractivity contribution in [3.63, 3.8) is 0 Å². The Hall–Kier alpha value is -1.06. The van der Waals surface area contributed by atoms with E-state index in [2.05, 4.69) is 12.2 Å². The lowest BCUT2D eigenvalue weighted by molar-refractivity contribution is -0.148. The molecule has 4 nitrogen and oxygen atoms in total. The smallest absolute Gasteiger partial charge is 0.311 e. The van der Waals surface area contributed by atoms with Crippen molar-refractivity contribution in [1.29, 1.82) is 0 Å². The lowest BCUT2D eigenvalue weighted by Crippen LogP contribution is -2.43. The van der Waals surface area contributed by atoms with Crippen LogP contribution in [0.4, 0.5) is 0 Å². The Morgan fingerprint density at radius 2 is 1.74 bits per heavy atom. The van der Waals surface area contributed by atoms with Crippen LogP contribution in [0, 0.1) is 17.3 Å². The molecule has 2 N–H and O–H groups in total. The van der Waals surface area contributed by atoms with Gasteiger partial charge in [-0.25, -0.2) is 0 Å². The maximum Gasteiger partial charge on any atom is 0.311 e. The number of aliphatic carboxylic acids is 1. The van der Waals surface area contributed by atoms with Gasteiger partial charge in [0.25, 0.3) is 0 Å². The van der Waals surface area contributed by atoms with Gasteiger partial charge in [-0.2, -0.15) is 0 Å². The second-order valence-corrected chi connectivity index (χ2v) is 6.47. The molecule has 19 heavy (non-hydrogen) atoms. The topological polar surface area (TPSA) is 66.4 Å². The molecule has 0 aromatic heterocycles. The monoisotopic (exact) mass is 267 g/mol. The van der Waals surface area contributed by atoms with Gasteiger partial charge in [0.1, 0.15) is 0 Å². The van der Waals surface area contributed by atoms with Gasteiger partial charge in [0, 0.05) is 12.5 Å². The molecule has 2 fully saturated rings. The van der Waals surface area contributed by atoms with Crippen LogP contribution < -0.4 is 5.32 Å². The number of rotatable bonds is 4. The standard InChI is InChI=1S/C15H25NO3/c1-11-4-6-12(7-5-11)13(17)16-10-15(14(18)19)8-2-3-9-15/h11-12H,2-10H2,1H3,(H,16,17)(H,18,19). The number of hydrogen-bond donors (Lipinski definition) is 2. The molecule has 0 heterocycles. The van der Waals surface area contributed by atoms with Crippen LogP contribution in [0.15, 0.2) is 0 Å². The fraction of sp³-hybridized carbons (Fsp3) is 0.867. The Morgan fingerprint density at radius 1 is 1.16 bits per heavy atom. The van der Waals surface area contributed by atoms with E-state index in [1.165, 1.54) is 0 Å². The highest BCUT2D eigenvalue weighted by molar-refractivity contribution is 5.81. The van der Waals surface area contributed by atoms with Crippen molar-refractivity contribution in [2.45, 2.75) is 58.3 Å². The highest BCUT2D eigenvalue weighted by atomic mass is 16.4. The number of carbonyl (C=O) groups is 2. The van der Waals surface area contributed by atoms with Crippen LogP contribution in [0.25, 0.3) is 0 Å². The average molecular weight is 267 g/mol. The van der Waals surface area contributed by atoms with Gasteiger partial charge in [-0.3, -0.25) is 9.59 Å². The third-order valence-electron chi connectivity index (χ3n) is 5.00. The van der Waals surface area contributed by atoms with E-state index in [-0.39, 0.29) is 11.8 Å². The zero-order valence-electron chi connectivity index (χ0n) is 11.8. The van der Waals surface area contributed by atoms with E-state index in [1.54, 1.807) is 0 Å². The summed E-state index contributed by atoms with van der Waals surface area (Å²) in [5.74, 6) is 0.148. The Bertz CT molecular complexity index is 339. The Labute approximate surface area is 115 Å². The van der Waals surface area contributed by atoms with Gasteiger partial charge in [-0.1, -0.05) is 19.8 Å². The van der Waals surface area contributed by atoms with Gasteiger partial charge in [0.2, 0.25) is 5.91 Å². The number of nitrogens with one attached hydrogen (secondary N) is 1. The van der Waals surface area contributed by atoms with E-state index in [4.69, 9.17) is 0 Å². The molecule has 0 spiro atoms. The van der Waals surface area contributed by atoms with Crippen molar-refractivity contribution in [3.8, 4) is 0 Å². The number of amides is 1. The SMILES string of the molecule is CC1CCC(C(=O)NCC2(C(=O)O)CCCC2)CC1. The Kier molecular flexibility index (Phi) is 4.48. The van der Waals surface area contributed by atoms with Gasteiger partial charge in [-0.15, -0.1) is 0 Å². The minimum absolute atomic E-state index is 0.0689. The average Bonchev–Trinajstić information content (AvgIpc) is 2.87. The molecule has 2 aliphatic carbocycles. The van der Waals surface area contributed by atoms with E-state index >= 15 is 0 Å². The predicted octanol–water partition coefficient (Wildman–Crippen LogP) is 2.57. The first-order valence-electron chi connectivity index (χ1n) is 7.55. The summed E-state index contributed by atoms with van der Waals surface area (Å²) in [6.07, 6.45) is 7.45. The molecule has 2 saturated carbocycles. The summed E-state index contributed by atoms with van der Waals surface area (Å²) in [7, 11) is 0. The lowest BCUT2D eigenvalue weighted by Gasteiger charge is -2.28. The molecule has 1 amide bonds. The highest BCUT2D eigenvalue weighted by Crippen LogP contribution is 2.38. The first-order valence-corrected chi connectivity index (χ1v) is 7.55. The number of carbonyl (C=O) groups excluding carboxylic acids is 1. The first kappa shape index (κ1) is 14.4. The molecule has 0 radical (unpaired) electrons. The molecule has 0 aliphatic heterocycles. The van der Waals surface area contributed by atoms with Crippen LogP contribution in [-0.4, -0.2) is 23.5 Å². The third kappa shape index (κ3) is 3.28. The summed E-state index contributed by atoms with van der Waals surface area (Å²) in [4.78, 5) is 23.5. The van der Waals surface area contributed by atoms with Crippen LogP contribution >= 0.6 is 0 Å². The van der Waals surface area contributed by atoms with Crippen molar-refractivity contribution in [2.75, 3.05) is 6.54 Å². The number of hydrogen-bond acceptors (Lipinski definition) is 2. The molecular formula is C15H25NO3. The van der Waals surface area contributed by atoms with Crippen LogP contribution in [0.3, 0.4) is 0 Å². The molecule has 0 saturated heterocycles. The highest BCUT2D eigenvalue weighted by Gasteiger charge is 2.41. The summed E-state index contributed by atoms with van der Waals surface area (Å²) in [6, 6.07) is 0.